The van der Waals surface area contributed by atoms with Gasteiger partial charge in [-0.3, -0.25) is 14.5 Å². The molecule has 3 aromatic carbocycles. The minimum absolute atomic E-state index is 0.0580. The maximum atomic E-state index is 13.2. The highest BCUT2D eigenvalue weighted by Gasteiger charge is 2.36. The zero-order valence-electron chi connectivity index (χ0n) is 17.9. The first-order valence-electron chi connectivity index (χ1n) is 10.6. The van der Waals surface area contributed by atoms with Gasteiger partial charge in [0.1, 0.15) is 5.25 Å². The summed E-state index contributed by atoms with van der Waals surface area (Å²) in [6, 6.07) is 21.8. The number of thioether (sulfide) groups is 1. The van der Waals surface area contributed by atoms with Gasteiger partial charge in [0.15, 0.2) is 16.7 Å². The van der Waals surface area contributed by atoms with Crippen LogP contribution < -0.4 is 14.8 Å². The highest BCUT2D eigenvalue weighted by molar-refractivity contribution is 8.15. The number of amidine groups is 1. The van der Waals surface area contributed by atoms with Crippen LogP contribution in [-0.4, -0.2) is 33.9 Å². The highest BCUT2D eigenvalue weighted by atomic mass is 35.5. The molecule has 0 aromatic heterocycles. The maximum Gasteiger partial charge on any atom is 0.238 e. The Kier molecular flexibility index (Phi) is 6.42. The smallest absolute Gasteiger partial charge is 0.238 e. The lowest BCUT2D eigenvalue weighted by atomic mass is 10.1. The molecule has 2 aliphatic heterocycles. The van der Waals surface area contributed by atoms with Crippen molar-refractivity contribution < 1.29 is 19.1 Å². The van der Waals surface area contributed by atoms with Crippen LogP contribution in [0.4, 0.5) is 11.4 Å². The number of para-hydroxylation sites is 1. The number of halogens is 1. The maximum absolute atomic E-state index is 13.2. The summed E-state index contributed by atoms with van der Waals surface area (Å²) in [6.07, 6.45) is 0.0580. The average Bonchev–Trinajstić information content (AvgIpc) is 3.30. The number of rotatable bonds is 5. The summed E-state index contributed by atoms with van der Waals surface area (Å²) < 4.78 is 10.8. The largest absolute Gasteiger partial charge is 0.454 e. The molecule has 7 nitrogen and oxygen atoms in total. The van der Waals surface area contributed by atoms with Crippen LogP contribution >= 0.6 is 23.4 Å². The molecule has 34 heavy (non-hydrogen) atoms. The molecule has 3 aromatic rings. The Labute approximate surface area is 205 Å². The molecule has 0 saturated carbocycles. The molecular formula is C25H20ClN3O4S. The van der Waals surface area contributed by atoms with Crippen molar-refractivity contribution in [2.24, 2.45) is 4.99 Å². The molecular weight excluding hydrogens is 474 g/mol. The summed E-state index contributed by atoms with van der Waals surface area (Å²) in [5.74, 6) is 0.882. The van der Waals surface area contributed by atoms with Crippen molar-refractivity contribution >= 4 is 51.7 Å². The summed E-state index contributed by atoms with van der Waals surface area (Å²) in [7, 11) is 0. The van der Waals surface area contributed by atoms with E-state index in [0.29, 0.717) is 33.1 Å². The minimum atomic E-state index is -0.612. The van der Waals surface area contributed by atoms with Gasteiger partial charge in [-0.1, -0.05) is 53.7 Å². The molecule has 2 amide bonds. The number of fused-ring (bicyclic) bond motifs is 1. The minimum Gasteiger partial charge on any atom is -0.454 e. The van der Waals surface area contributed by atoms with Crippen LogP contribution in [0.1, 0.15) is 12.0 Å². The van der Waals surface area contributed by atoms with Gasteiger partial charge in [-0.25, -0.2) is 4.99 Å². The first-order chi connectivity index (χ1) is 16.5. The van der Waals surface area contributed by atoms with Crippen molar-refractivity contribution in [1.82, 2.24) is 4.90 Å². The Balaban J connectivity index is 1.42. The van der Waals surface area contributed by atoms with E-state index in [2.05, 4.69) is 10.3 Å². The fraction of sp³-hybridized carbons (Fsp3) is 0.160. The van der Waals surface area contributed by atoms with E-state index in [0.717, 1.165) is 5.56 Å². The predicted octanol–water partition coefficient (Wildman–Crippen LogP) is 5.23. The second kappa shape index (κ2) is 9.79. The quantitative estimate of drug-likeness (QED) is 0.526. The van der Waals surface area contributed by atoms with Gasteiger partial charge in [0.2, 0.25) is 18.6 Å². The van der Waals surface area contributed by atoms with E-state index in [1.165, 1.54) is 11.8 Å². The van der Waals surface area contributed by atoms with Gasteiger partial charge in [0.25, 0.3) is 0 Å². The summed E-state index contributed by atoms with van der Waals surface area (Å²) in [5, 5.41) is 3.24. The molecule has 0 radical (unpaired) electrons. The van der Waals surface area contributed by atoms with Crippen molar-refractivity contribution in [2.75, 3.05) is 12.1 Å². The lowest BCUT2D eigenvalue weighted by Gasteiger charge is -2.32. The van der Waals surface area contributed by atoms with Crippen LogP contribution in [0.3, 0.4) is 0 Å². The van der Waals surface area contributed by atoms with Gasteiger partial charge in [0, 0.05) is 17.1 Å². The van der Waals surface area contributed by atoms with E-state index in [1.54, 1.807) is 41.3 Å². The molecule has 1 atom stereocenters. The van der Waals surface area contributed by atoms with Crippen LogP contribution in [0.15, 0.2) is 77.8 Å². The van der Waals surface area contributed by atoms with Crippen LogP contribution in [0.2, 0.25) is 5.02 Å². The Hall–Kier alpha value is -3.49. The van der Waals surface area contributed by atoms with E-state index < -0.39 is 5.25 Å². The third-order valence-electron chi connectivity index (χ3n) is 5.28. The van der Waals surface area contributed by atoms with E-state index in [1.807, 2.05) is 36.4 Å². The molecule has 9 heteroatoms. The summed E-state index contributed by atoms with van der Waals surface area (Å²) in [4.78, 5) is 32.5. The third-order valence-corrected chi connectivity index (χ3v) is 6.71. The molecule has 1 fully saturated rings. The molecule has 172 valence electrons. The fourth-order valence-electron chi connectivity index (χ4n) is 3.62. The number of carbonyl (C=O) groups excluding carboxylic acids is 2. The highest BCUT2D eigenvalue weighted by Crippen LogP contribution is 2.35. The summed E-state index contributed by atoms with van der Waals surface area (Å²) in [5.41, 5.74) is 2.14. The first kappa shape index (κ1) is 22.3. The number of nitrogens with zero attached hydrogens (tertiary/aromatic N) is 2. The van der Waals surface area contributed by atoms with E-state index >= 15 is 0 Å². The van der Waals surface area contributed by atoms with Gasteiger partial charge < -0.3 is 14.8 Å². The van der Waals surface area contributed by atoms with Gasteiger partial charge in [-0.15, -0.1) is 0 Å². The lowest BCUT2D eigenvalue weighted by Crippen LogP contribution is -2.44. The van der Waals surface area contributed by atoms with Crippen molar-refractivity contribution in [1.29, 1.82) is 0 Å². The van der Waals surface area contributed by atoms with Crippen LogP contribution in [-0.2, 0) is 16.1 Å². The van der Waals surface area contributed by atoms with Crippen LogP contribution in [0.5, 0.6) is 11.5 Å². The lowest BCUT2D eigenvalue weighted by molar-refractivity contribution is -0.129. The van der Waals surface area contributed by atoms with Gasteiger partial charge >= 0.3 is 0 Å². The van der Waals surface area contributed by atoms with Crippen molar-refractivity contribution in [3.8, 4) is 11.5 Å². The number of amides is 2. The van der Waals surface area contributed by atoms with Gasteiger partial charge in [-0.2, -0.15) is 0 Å². The Morgan fingerprint density at radius 2 is 1.88 bits per heavy atom. The summed E-state index contributed by atoms with van der Waals surface area (Å²) in [6.45, 7) is 0.464. The van der Waals surface area contributed by atoms with E-state index in [9.17, 15) is 9.59 Å². The molecule has 1 saturated heterocycles. The average molecular weight is 494 g/mol. The van der Waals surface area contributed by atoms with Crippen molar-refractivity contribution in [3.63, 3.8) is 0 Å². The molecule has 0 spiro atoms. The molecule has 2 aliphatic rings. The number of hydrogen-bond donors (Lipinski definition) is 1. The number of nitrogens with one attached hydrogen (secondary N) is 1. The van der Waals surface area contributed by atoms with Gasteiger partial charge in [-0.05, 0) is 48.0 Å². The number of hydrogen-bond acceptors (Lipinski definition) is 6. The zero-order chi connectivity index (χ0) is 23.5. The zero-order valence-corrected chi connectivity index (χ0v) is 19.5. The third kappa shape index (κ3) is 5.03. The monoisotopic (exact) mass is 493 g/mol. The Morgan fingerprint density at radius 3 is 2.71 bits per heavy atom. The number of carbonyl (C=O) groups is 2. The Morgan fingerprint density at radius 1 is 1.06 bits per heavy atom. The molecule has 5 rings (SSSR count). The first-order valence-corrected chi connectivity index (χ1v) is 11.9. The second-order valence-electron chi connectivity index (χ2n) is 7.71. The molecule has 0 bridgehead atoms. The topological polar surface area (TPSA) is 80.2 Å². The standard InChI is InChI=1S/C25H20ClN3O4S/c26-17-5-4-8-19(12-17)28-25-29(14-16-9-10-20-21(11-16)33-15-32-20)23(30)13-22(34-25)24(31)27-18-6-2-1-3-7-18/h1-12,22H,13-15H2,(H,27,31). The van der Waals surface area contributed by atoms with Crippen molar-refractivity contribution in [2.45, 2.75) is 18.2 Å². The second-order valence-corrected chi connectivity index (χ2v) is 9.31. The van der Waals surface area contributed by atoms with Crippen LogP contribution in [0.25, 0.3) is 0 Å². The van der Waals surface area contributed by atoms with Gasteiger partial charge in [0.05, 0.1) is 12.2 Å². The SMILES string of the molecule is O=C(Nc1ccccc1)C1CC(=O)N(Cc2ccc3c(c2)OCO3)C(=Nc2cccc(Cl)c2)S1. The Bertz CT molecular complexity index is 1270. The molecule has 0 aliphatic carbocycles. The van der Waals surface area contributed by atoms with Crippen molar-refractivity contribution in [3.05, 3.63) is 83.4 Å². The normalized spacial score (nSPS) is 18.3. The van der Waals surface area contributed by atoms with E-state index in [-0.39, 0.29) is 31.6 Å². The number of aliphatic imine (C=N–C) groups is 1. The van der Waals surface area contributed by atoms with E-state index in [4.69, 9.17) is 21.1 Å². The molecule has 1 unspecified atom stereocenters. The molecule has 2 heterocycles. The molecule has 1 N–H and O–H groups in total. The number of anilines is 1. The number of benzene rings is 3. The number of ether oxygens (including phenoxy) is 2. The summed E-state index contributed by atoms with van der Waals surface area (Å²) >= 11 is 7.39. The predicted molar refractivity (Wildman–Crippen MR) is 133 cm³/mol. The fourth-order valence-corrected chi connectivity index (χ4v) is 4.90. The van der Waals surface area contributed by atoms with Crippen LogP contribution in [0, 0.1) is 0 Å².